The molecule has 0 aromatic heterocycles. The Kier molecular flexibility index (Phi) is 6.71. The number of hydrogen-bond acceptors (Lipinski definition) is 4. The highest BCUT2D eigenvalue weighted by atomic mass is 35.5. The maximum absolute atomic E-state index is 13.7. The van der Waals surface area contributed by atoms with Crippen molar-refractivity contribution in [3.05, 3.63) is 45.9 Å². The van der Waals surface area contributed by atoms with E-state index in [1.807, 2.05) is 6.92 Å². The molecular weight excluding hydrogens is 293 g/mol. The van der Waals surface area contributed by atoms with Crippen LogP contribution in [0.1, 0.15) is 11.1 Å². The molecule has 21 heavy (non-hydrogen) atoms. The minimum Gasteiger partial charge on any atom is -0.357 e. The molecule has 0 fully saturated rings. The predicted molar refractivity (Wildman–Crippen MR) is 85.7 cm³/mol. The first-order valence-corrected chi connectivity index (χ1v) is 6.52. The summed E-state index contributed by atoms with van der Waals surface area (Å²) in [6, 6.07) is 4.78. The van der Waals surface area contributed by atoms with Crippen LogP contribution in [-0.2, 0) is 6.54 Å². The van der Waals surface area contributed by atoms with Crippen molar-refractivity contribution in [1.82, 2.24) is 5.32 Å². The highest BCUT2D eigenvalue weighted by Crippen LogP contribution is 2.13. The number of nitrogens with two attached hydrogens (primary N) is 1. The molecule has 112 valence electrons. The Morgan fingerprint density at radius 3 is 2.86 bits per heavy atom. The third-order valence-corrected chi connectivity index (χ3v) is 2.96. The topological polar surface area (TPSA) is 86.6 Å². The molecule has 0 aliphatic carbocycles. The van der Waals surface area contributed by atoms with E-state index >= 15 is 0 Å². The minimum absolute atomic E-state index is 0.0226. The van der Waals surface area contributed by atoms with Crippen LogP contribution in [0.4, 0.5) is 4.39 Å². The minimum atomic E-state index is -0.343. The summed E-state index contributed by atoms with van der Waals surface area (Å²) in [4.78, 5) is 7.79. The summed E-state index contributed by atoms with van der Waals surface area (Å²) in [5.41, 5.74) is 7.05. The number of nitrogens with zero attached hydrogens (tertiary/aromatic N) is 2. The maximum atomic E-state index is 13.7. The van der Waals surface area contributed by atoms with Crippen LogP contribution in [0, 0.1) is 18.2 Å². The summed E-state index contributed by atoms with van der Waals surface area (Å²) >= 11 is 5.86. The lowest BCUT2D eigenvalue weighted by Gasteiger charge is -2.10. The maximum Gasteiger partial charge on any atom is 0.140 e. The largest absolute Gasteiger partial charge is 0.357 e. The van der Waals surface area contributed by atoms with E-state index in [1.165, 1.54) is 6.07 Å². The van der Waals surface area contributed by atoms with Gasteiger partial charge in [-0.15, -0.1) is 0 Å². The van der Waals surface area contributed by atoms with E-state index in [2.05, 4.69) is 22.0 Å². The monoisotopic (exact) mass is 309 g/mol. The van der Waals surface area contributed by atoms with Gasteiger partial charge in [-0.25, -0.2) is 4.39 Å². The van der Waals surface area contributed by atoms with E-state index in [4.69, 9.17) is 22.7 Å². The Hall–Kier alpha value is -2.05. The Morgan fingerprint density at radius 1 is 1.57 bits per heavy atom. The molecule has 5 nitrogen and oxygen atoms in total. The lowest BCUT2D eigenvalue weighted by Crippen LogP contribution is -2.31. The molecule has 0 bridgehead atoms. The molecule has 0 saturated carbocycles. The number of amidine groups is 1. The average Bonchev–Trinajstić information content (AvgIpc) is 2.48. The highest BCUT2D eigenvalue weighted by Gasteiger charge is 2.09. The lowest BCUT2D eigenvalue weighted by atomic mass is 10.1. The van der Waals surface area contributed by atoms with E-state index in [1.54, 1.807) is 12.1 Å². The second kappa shape index (κ2) is 8.28. The number of hydrogen-bond donors (Lipinski definition) is 3. The molecule has 0 spiro atoms. The van der Waals surface area contributed by atoms with E-state index < -0.39 is 0 Å². The van der Waals surface area contributed by atoms with Crippen molar-refractivity contribution in [3.8, 4) is 0 Å². The number of aliphatic imine (C=N–C) groups is 2. The van der Waals surface area contributed by atoms with Crippen LogP contribution in [0.5, 0.6) is 0 Å². The number of halogens is 2. The summed E-state index contributed by atoms with van der Waals surface area (Å²) in [6.45, 7) is 5.35. The van der Waals surface area contributed by atoms with Crippen molar-refractivity contribution in [3.63, 3.8) is 0 Å². The van der Waals surface area contributed by atoms with Gasteiger partial charge in [0.25, 0.3) is 0 Å². The second-order valence-electron chi connectivity index (χ2n) is 4.15. The third kappa shape index (κ3) is 4.77. The van der Waals surface area contributed by atoms with Gasteiger partial charge >= 0.3 is 0 Å². The van der Waals surface area contributed by atoms with E-state index in [0.29, 0.717) is 5.56 Å². The zero-order chi connectivity index (χ0) is 15.8. The molecule has 1 aromatic rings. The van der Waals surface area contributed by atoms with E-state index in [0.717, 1.165) is 11.8 Å². The fourth-order valence-corrected chi connectivity index (χ4v) is 1.78. The Bertz CT molecular complexity index is 595. The van der Waals surface area contributed by atoms with Crippen LogP contribution in [-0.4, -0.2) is 25.4 Å². The Labute approximate surface area is 127 Å². The smallest absolute Gasteiger partial charge is 0.140 e. The van der Waals surface area contributed by atoms with Crippen molar-refractivity contribution >= 4 is 30.4 Å². The summed E-state index contributed by atoms with van der Waals surface area (Å²) < 4.78 is 13.7. The quantitative estimate of drug-likeness (QED) is 0.326. The van der Waals surface area contributed by atoms with Gasteiger partial charge in [0.2, 0.25) is 0 Å². The summed E-state index contributed by atoms with van der Waals surface area (Å²) in [7, 11) is 0. The van der Waals surface area contributed by atoms with Crippen LogP contribution in [0.2, 0.25) is 0 Å². The van der Waals surface area contributed by atoms with Gasteiger partial charge < -0.3 is 16.5 Å². The Morgan fingerprint density at radius 2 is 2.29 bits per heavy atom. The number of rotatable bonds is 6. The van der Waals surface area contributed by atoms with Crippen molar-refractivity contribution < 1.29 is 4.39 Å². The third-order valence-electron chi connectivity index (χ3n) is 2.64. The average molecular weight is 310 g/mol. The molecule has 0 radical (unpaired) electrons. The van der Waals surface area contributed by atoms with Gasteiger partial charge in [0, 0.05) is 11.8 Å². The number of nitrogens with one attached hydrogen (secondary N) is 2. The first-order chi connectivity index (χ1) is 10.0. The van der Waals surface area contributed by atoms with E-state index in [9.17, 15) is 4.39 Å². The molecule has 7 heteroatoms. The van der Waals surface area contributed by atoms with Gasteiger partial charge in [-0.3, -0.25) is 9.98 Å². The summed E-state index contributed by atoms with van der Waals surface area (Å²) in [5, 5.41) is 10.2. The van der Waals surface area contributed by atoms with Crippen LogP contribution in [0.25, 0.3) is 0 Å². The van der Waals surface area contributed by atoms with E-state index in [-0.39, 0.29) is 35.6 Å². The van der Waals surface area contributed by atoms with Gasteiger partial charge in [0.05, 0.1) is 18.8 Å². The molecule has 0 aliphatic rings. The molecule has 0 amide bonds. The molecule has 0 saturated heterocycles. The van der Waals surface area contributed by atoms with Crippen LogP contribution in [0.15, 0.2) is 38.9 Å². The van der Waals surface area contributed by atoms with Crippen molar-refractivity contribution in [2.24, 2.45) is 15.7 Å². The highest BCUT2D eigenvalue weighted by molar-refractivity contribution is 6.35. The lowest BCUT2D eigenvalue weighted by molar-refractivity contribution is 0.610. The normalized spacial score (nSPS) is 12.7. The standard InChI is InChI=1S/C14H17ClFN5/c1-9-3-4-12(16)10(5-9)7-20-14(21-8-18)11(6-17)13(15)19-2/h3-6,17H,2,7-8,18H2,1H3,(H,20,21)/b13-11-,17-6?. The van der Waals surface area contributed by atoms with Gasteiger partial charge in [-0.2, -0.15) is 0 Å². The Balaban J connectivity index is 3.13. The van der Waals surface area contributed by atoms with Crippen LogP contribution < -0.4 is 11.1 Å². The van der Waals surface area contributed by atoms with Crippen LogP contribution >= 0.6 is 11.6 Å². The predicted octanol–water partition coefficient (Wildman–Crippen LogP) is 2.34. The van der Waals surface area contributed by atoms with Crippen LogP contribution in [0.3, 0.4) is 0 Å². The molecule has 1 aromatic carbocycles. The van der Waals surface area contributed by atoms with Crippen molar-refractivity contribution in [2.75, 3.05) is 6.67 Å². The fourth-order valence-electron chi connectivity index (χ4n) is 1.63. The van der Waals surface area contributed by atoms with Gasteiger partial charge in [0.1, 0.15) is 16.8 Å². The first kappa shape index (κ1) is 17.0. The van der Waals surface area contributed by atoms with Gasteiger partial charge in [-0.05, 0) is 19.7 Å². The summed E-state index contributed by atoms with van der Waals surface area (Å²) in [5.74, 6) is -0.0735. The molecule has 0 atom stereocenters. The van der Waals surface area contributed by atoms with Crippen molar-refractivity contribution in [1.29, 1.82) is 5.41 Å². The second-order valence-corrected chi connectivity index (χ2v) is 4.51. The molecule has 0 aliphatic heterocycles. The SMILES string of the molecule is C=N/C(Cl)=C(/C=N)C(=NCc1cc(C)ccc1F)NCN. The molecule has 1 rings (SSSR count). The first-order valence-electron chi connectivity index (χ1n) is 6.14. The zero-order valence-corrected chi connectivity index (χ0v) is 12.4. The zero-order valence-electron chi connectivity index (χ0n) is 11.7. The van der Waals surface area contributed by atoms with Gasteiger partial charge in [-0.1, -0.05) is 29.3 Å². The number of aryl methyl sites for hydroxylation is 1. The summed E-state index contributed by atoms with van der Waals surface area (Å²) in [6.07, 6.45) is 0.991. The van der Waals surface area contributed by atoms with Crippen molar-refractivity contribution in [2.45, 2.75) is 13.5 Å². The van der Waals surface area contributed by atoms with Gasteiger partial charge in [0.15, 0.2) is 0 Å². The molecule has 0 heterocycles. The molecule has 4 N–H and O–H groups in total. The fraction of sp³-hybridized carbons (Fsp3) is 0.214. The molecular formula is C14H17ClFN5. The number of benzene rings is 1. The molecule has 0 unspecified atom stereocenters.